The summed E-state index contributed by atoms with van der Waals surface area (Å²) in [6.45, 7) is 3.71. The third-order valence-corrected chi connectivity index (χ3v) is 3.88. The van der Waals surface area contributed by atoms with Crippen molar-refractivity contribution in [1.82, 2.24) is 9.97 Å². The topological polar surface area (TPSA) is 76.6 Å². The van der Waals surface area contributed by atoms with Crippen LogP contribution in [0.5, 0.6) is 0 Å². The normalized spacial score (nSPS) is 15.4. The second-order valence-electron chi connectivity index (χ2n) is 4.98. The number of esters is 1. The average Bonchev–Trinajstić information content (AvgIpc) is 2.54. The lowest BCUT2D eigenvalue weighted by Crippen LogP contribution is -2.37. The molecule has 2 heterocycles. The van der Waals surface area contributed by atoms with E-state index in [1.807, 2.05) is 7.05 Å². The van der Waals surface area contributed by atoms with Crippen LogP contribution in [-0.2, 0) is 14.3 Å². The fourth-order valence-corrected chi connectivity index (χ4v) is 2.61. The number of carbonyl (C=O) groups excluding carboxylic acids is 1. The van der Waals surface area contributed by atoms with Gasteiger partial charge < -0.3 is 19.7 Å². The number of hydrogen-bond donors (Lipinski definition) is 1. The van der Waals surface area contributed by atoms with Crippen molar-refractivity contribution in [3.63, 3.8) is 0 Å². The second-order valence-corrected chi connectivity index (χ2v) is 5.79. The van der Waals surface area contributed by atoms with Gasteiger partial charge in [0.15, 0.2) is 11.6 Å². The maximum absolute atomic E-state index is 11.5. The Morgan fingerprint density at radius 2 is 2.27 bits per heavy atom. The molecule has 0 radical (unpaired) electrons. The smallest absolute Gasteiger partial charge is 0.325 e. The Bertz CT molecular complexity index is 509. The van der Waals surface area contributed by atoms with E-state index in [-0.39, 0.29) is 12.5 Å². The fourth-order valence-electron chi connectivity index (χ4n) is 2.34. The van der Waals surface area contributed by atoms with Crippen LogP contribution >= 0.6 is 15.9 Å². The van der Waals surface area contributed by atoms with Gasteiger partial charge >= 0.3 is 5.97 Å². The van der Waals surface area contributed by atoms with Gasteiger partial charge in [-0.3, -0.25) is 4.79 Å². The van der Waals surface area contributed by atoms with Crippen molar-refractivity contribution in [3.8, 4) is 0 Å². The molecule has 2 rings (SSSR count). The van der Waals surface area contributed by atoms with E-state index in [2.05, 4.69) is 36.1 Å². The summed E-state index contributed by atoms with van der Waals surface area (Å²) in [5, 5.41) is 3.00. The monoisotopic (exact) mass is 372 g/mol. The highest BCUT2D eigenvalue weighted by atomic mass is 79.9. The quantitative estimate of drug-likeness (QED) is 0.763. The molecule has 1 N–H and O–H groups in total. The van der Waals surface area contributed by atoms with Gasteiger partial charge in [-0.15, -0.1) is 0 Å². The van der Waals surface area contributed by atoms with E-state index >= 15 is 0 Å². The van der Waals surface area contributed by atoms with Crippen molar-refractivity contribution in [2.45, 2.75) is 25.8 Å². The van der Waals surface area contributed by atoms with E-state index in [1.54, 1.807) is 13.1 Å². The summed E-state index contributed by atoms with van der Waals surface area (Å²) >= 11 is 3.35. The van der Waals surface area contributed by atoms with Gasteiger partial charge in [-0.2, -0.15) is 0 Å². The summed E-state index contributed by atoms with van der Waals surface area (Å²) in [6.07, 6.45) is 3.50. The largest absolute Gasteiger partial charge is 0.465 e. The van der Waals surface area contributed by atoms with Crippen LogP contribution in [0, 0.1) is 0 Å². The van der Waals surface area contributed by atoms with Gasteiger partial charge in [0, 0.05) is 26.3 Å². The minimum atomic E-state index is -0.313. The Morgan fingerprint density at radius 1 is 1.55 bits per heavy atom. The van der Waals surface area contributed by atoms with E-state index in [1.165, 1.54) is 0 Å². The fraction of sp³-hybridized carbons (Fsp3) is 0.643. The molecule has 1 aromatic rings. The molecule has 7 nitrogen and oxygen atoms in total. The van der Waals surface area contributed by atoms with Crippen LogP contribution in [0.2, 0.25) is 0 Å². The number of aromatic nitrogens is 2. The third-order valence-electron chi connectivity index (χ3n) is 3.50. The zero-order valence-electron chi connectivity index (χ0n) is 12.8. The minimum absolute atomic E-state index is 0.0682. The van der Waals surface area contributed by atoms with E-state index < -0.39 is 0 Å². The first kappa shape index (κ1) is 17.0. The van der Waals surface area contributed by atoms with Crippen LogP contribution in [0.15, 0.2) is 10.8 Å². The molecule has 1 fully saturated rings. The van der Waals surface area contributed by atoms with E-state index in [9.17, 15) is 4.79 Å². The molecule has 122 valence electrons. The highest BCUT2D eigenvalue weighted by Crippen LogP contribution is 2.26. The van der Waals surface area contributed by atoms with Crippen LogP contribution in [0.4, 0.5) is 11.6 Å². The highest BCUT2D eigenvalue weighted by molar-refractivity contribution is 9.10. The SMILES string of the molecule is CCOC(=O)CNc1ncc(Br)nc1N(C)C1CCOCC1. The number of ether oxygens (including phenoxy) is 2. The Kier molecular flexibility index (Phi) is 6.38. The van der Waals surface area contributed by atoms with Crippen LogP contribution in [-0.4, -0.2) is 55.4 Å². The molecule has 0 atom stereocenters. The molecule has 0 unspecified atom stereocenters. The first-order valence-corrected chi connectivity index (χ1v) is 8.13. The molecule has 1 aliphatic rings. The van der Waals surface area contributed by atoms with Gasteiger partial charge in [-0.1, -0.05) is 0 Å². The van der Waals surface area contributed by atoms with Gasteiger partial charge in [0.25, 0.3) is 0 Å². The molecule has 0 aliphatic carbocycles. The number of anilines is 2. The average molecular weight is 373 g/mol. The summed E-state index contributed by atoms with van der Waals surface area (Å²) in [4.78, 5) is 22.4. The van der Waals surface area contributed by atoms with E-state index in [0.29, 0.717) is 28.9 Å². The first-order valence-electron chi connectivity index (χ1n) is 7.34. The molecular weight excluding hydrogens is 352 g/mol. The summed E-state index contributed by atoms with van der Waals surface area (Å²) in [7, 11) is 1.99. The summed E-state index contributed by atoms with van der Waals surface area (Å²) in [6, 6.07) is 0.348. The van der Waals surface area contributed by atoms with Gasteiger partial charge in [-0.05, 0) is 35.7 Å². The summed E-state index contributed by atoms with van der Waals surface area (Å²) in [5.41, 5.74) is 0. The molecule has 0 bridgehead atoms. The Morgan fingerprint density at radius 3 is 2.95 bits per heavy atom. The first-order chi connectivity index (χ1) is 10.6. The second kappa shape index (κ2) is 8.28. The third kappa shape index (κ3) is 4.54. The molecule has 22 heavy (non-hydrogen) atoms. The highest BCUT2D eigenvalue weighted by Gasteiger charge is 2.22. The zero-order valence-corrected chi connectivity index (χ0v) is 14.4. The predicted molar refractivity (Wildman–Crippen MR) is 87.1 cm³/mol. The Balaban J connectivity index is 2.10. The van der Waals surface area contributed by atoms with Crippen LogP contribution in [0.1, 0.15) is 19.8 Å². The van der Waals surface area contributed by atoms with Gasteiger partial charge in [0.1, 0.15) is 11.1 Å². The van der Waals surface area contributed by atoms with Gasteiger partial charge in [-0.25, -0.2) is 9.97 Å². The van der Waals surface area contributed by atoms with Gasteiger partial charge in [0.2, 0.25) is 0 Å². The molecule has 0 amide bonds. The zero-order chi connectivity index (χ0) is 15.9. The maximum Gasteiger partial charge on any atom is 0.325 e. The molecule has 0 spiro atoms. The van der Waals surface area contributed by atoms with Crippen molar-refractivity contribution < 1.29 is 14.3 Å². The number of nitrogens with one attached hydrogen (secondary N) is 1. The lowest BCUT2D eigenvalue weighted by atomic mass is 10.1. The van der Waals surface area contributed by atoms with Gasteiger partial charge in [0.05, 0.1) is 12.8 Å². The molecule has 8 heteroatoms. The summed E-state index contributed by atoms with van der Waals surface area (Å²) in [5.74, 6) is 0.975. The molecule has 1 aliphatic heterocycles. The van der Waals surface area contributed by atoms with Crippen molar-refractivity contribution >= 4 is 33.5 Å². The molecule has 0 saturated carbocycles. The van der Waals surface area contributed by atoms with Crippen LogP contribution in [0.3, 0.4) is 0 Å². The minimum Gasteiger partial charge on any atom is -0.465 e. The standard InChI is InChI=1S/C14H21BrN4O3/c1-3-22-12(20)9-17-13-14(18-11(15)8-16-13)19(2)10-4-6-21-7-5-10/h8,10H,3-7,9H2,1-2H3,(H,16,17). The Labute approximate surface area is 138 Å². The van der Waals surface area contributed by atoms with Crippen molar-refractivity contribution in [2.24, 2.45) is 0 Å². The maximum atomic E-state index is 11.5. The number of halogens is 1. The van der Waals surface area contributed by atoms with Crippen LogP contribution in [0.25, 0.3) is 0 Å². The van der Waals surface area contributed by atoms with E-state index in [0.717, 1.165) is 26.1 Å². The van der Waals surface area contributed by atoms with Crippen molar-refractivity contribution in [3.05, 3.63) is 10.8 Å². The number of carbonyl (C=O) groups is 1. The molecular formula is C14H21BrN4O3. The lowest BCUT2D eigenvalue weighted by molar-refractivity contribution is -0.140. The van der Waals surface area contributed by atoms with Crippen LogP contribution < -0.4 is 10.2 Å². The molecule has 1 saturated heterocycles. The molecule has 0 aromatic carbocycles. The number of hydrogen-bond acceptors (Lipinski definition) is 7. The lowest BCUT2D eigenvalue weighted by Gasteiger charge is -2.32. The Hall–Kier alpha value is -1.41. The molecule has 1 aromatic heterocycles. The van der Waals surface area contributed by atoms with Crippen molar-refractivity contribution in [2.75, 3.05) is 43.6 Å². The van der Waals surface area contributed by atoms with Crippen molar-refractivity contribution in [1.29, 1.82) is 0 Å². The number of nitrogens with zero attached hydrogens (tertiary/aromatic N) is 3. The number of rotatable bonds is 6. The van der Waals surface area contributed by atoms with E-state index in [4.69, 9.17) is 9.47 Å². The summed E-state index contributed by atoms with van der Waals surface area (Å²) < 4.78 is 11.0. The predicted octanol–water partition coefficient (Wildman–Crippen LogP) is 1.83.